The first-order valence-electron chi connectivity index (χ1n) is 8.07. The van der Waals surface area contributed by atoms with Crippen LogP contribution in [0.15, 0.2) is 0 Å². The number of amides is 2. The number of likely N-dealkylation sites (tertiary alicyclic amines) is 1. The average Bonchev–Trinajstić information content (AvgIpc) is 2.55. The Bertz CT molecular complexity index is 551. The highest BCUT2D eigenvalue weighted by Gasteiger charge is 2.32. The molecule has 1 unspecified atom stereocenters. The van der Waals surface area contributed by atoms with E-state index in [1.54, 1.807) is 11.8 Å². The first-order chi connectivity index (χ1) is 10.8. The van der Waals surface area contributed by atoms with Crippen LogP contribution in [-0.2, 0) is 19.6 Å². The summed E-state index contributed by atoms with van der Waals surface area (Å²) in [6, 6.07) is 0.0374. The molecule has 9 heteroatoms. The van der Waals surface area contributed by atoms with Crippen LogP contribution in [0.5, 0.6) is 0 Å². The van der Waals surface area contributed by atoms with Crippen molar-refractivity contribution in [3.63, 3.8) is 0 Å². The van der Waals surface area contributed by atoms with Gasteiger partial charge in [-0.25, -0.2) is 8.42 Å². The number of nitrogens with zero attached hydrogens (tertiary/aromatic N) is 3. The average molecular weight is 346 g/mol. The van der Waals surface area contributed by atoms with E-state index in [0.717, 1.165) is 23.7 Å². The van der Waals surface area contributed by atoms with Gasteiger partial charge in [-0.05, 0) is 19.8 Å². The second-order valence-corrected chi connectivity index (χ2v) is 8.42. The Kier molecular flexibility index (Phi) is 5.99. The van der Waals surface area contributed by atoms with Gasteiger partial charge in [0.05, 0.1) is 18.8 Å². The lowest BCUT2D eigenvalue weighted by molar-refractivity contribution is -0.140. The van der Waals surface area contributed by atoms with Crippen molar-refractivity contribution in [2.24, 2.45) is 0 Å². The Morgan fingerprint density at radius 1 is 1.39 bits per heavy atom. The van der Waals surface area contributed by atoms with Gasteiger partial charge in [0.2, 0.25) is 21.8 Å². The summed E-state index contributed by atoms with van der Waals surface area (Å²) in [5, 5.41) is 3.04. The van der Waals surface area contributed by atoms with Crippen molar-refractivity contribution in [1.82, 2.24) is 19.4 Å². The summed E-state index contributed by atoms with van der Waals surface area (Å²) in [6.07, 6.45) is 1.72. The summed E-state index contributed by atoms with van der Waals surface area (Å²) in [6.45, 7) is 4.31. The van der Waals surface area contributed by atoms with Crippen molar-refractivity contribution in [3.05, 3.63) is 0 Å². The van der Waals surface area contributed by atoms with Gasteiger partial charge in [-0.3, -0.25) is 9.59 Å². The van der Waals surface area contributed by atoms with Crippen LogP contribution in [0, 0.1) is 0 Å². The number of hydrogen-bond donors (Lipinski definition) is 1. The molecule has 0 bridgehead atoms. The largest absolute Gasteiger partial charge is 0.339 e. The number of nitrogens with one attached hydrogen (secondary N) is 1. The molecule has 0 spiro atoms. The third-order valence-corrected chi connectivity index (χ3v) is 6.32. The summed E-state index contributed by atoms with van der Waals surface area (Å²) in [7, 11) is -1.93. The highest BCUT2D eigenvalue weighted by atomic mass is 32.2. The zero-order valence-electron chi connectivity index (χ0n) is 13.8. The fourth-order valence-corrected chi connectivity index (χ4v) is 3.80. The summed E-state index contributed by atoms with van der Waals surface area (Å²) >= 11 is 0. The van der Waals surface area contributed by atoms with Gasteiger partial charge in [0, 0.05) is 39.3 Å². The van der Waals surface area contributed by atoms with Gasteiger partial charge in [0.15, 0.2) is 0 Å². The Balaban J connectivity index is 1.95. The molecular weight excluding hydrogens is 320 g/mol. The van der Waals surface area contributed by atoms with E-state index in [2.05, 4.69) is 5.32 Å². The second kappa shape index (κ2) is 7.59. The van der Waals surface area contributed by atoms with Gasteiger partial charge in [-0.2, -0.15) is 4.31 Å². The molecule has 2 heterocycles. The maximum atomic E-state index is 12.4. The normalized spacial score (nSPS) is 23.4. The summed E-state index contributed by atoms with van der Waals surface area (Å²) < 4.78 is 24.6. The van der Waals surface area contributed by atoms with Gasteiger partial charge in [-0.15, -0.1) is 0 Å². The summed E-state index contributed by atoms with van der Waals surface area (Å²) in [5.74, 6) is -0.146. The van der Waals surface area contributed by atoms with E-state index >= 15 is 0 Å². The third-order valence-electron chi connectivity index (χ3n) is 4.51. The molecule has 1 atom stereocenters. The van der Waals surface area contributed by atoms with E-state index < -0.39 is 10.0 Å². The van der Waals surface area contributed by atoms with Crippen LogP contribution in [-0.4, -0.2) is 92.4 Å². The zero-order valence-corrected chi connectivity index (χ0v) is 14.6. The van der Waals surface area contributed by atoms with Crippen LogP contribution in [0.4, 0.5) is 0 Å². The SMILES string of the molecule is CCS(=O)(=O)N(C)CC(=O)N1CCCC(N2CCNCC2=O)C1. The lowest BCUT2D eigenvalue weighted by Gasteiger charge is -2.41. The quantitative estimate of drug-likeness (QED) is 0.668. The number of carbonyl (C=O) groups excluding carboxylic acids is 2. The molecule has 0 saturated carbocycles. The van der Waals surface area contributed by atoms with Gasteiger partial charge in [-0.1, -0.05) is 0 Å². The van der Waals surface area contributed by atoms with E-state index in [4.69, 9.17) is 0 Å². The molecule has 2 aliphatic heterocycles. The van der Waals surface area contributed by atoms with Gasteiger partial charge < -0.3 is 15.1 Å². The molecule has 1 N–H and O–H groups in total. The maximum Gasteiger partial charge on any atom is 0.237 e. The fourth-order valence-electron chi connectivity index (χ4n) is 3.05. The van der Waals surface area contributed by atoms with Crippen molar-refractivity contribution in [3.8, 4) is 0 Å². The lowest BCUT2D eigenvalue weighted by Crippen LogP contribution is -2.58. The number of piperazine rings is 1. The zero-order chi connectivity index (χ0) is 17.0. The number of rotatable bonds is 5. The predicted octanol–water partition coefficient (Wildman–Crippen LogP) is -1.31. The Labute approximate surface area is 137 Å². The van der Waals surface area contributed by atoms with E-state index in [-0.39, 0.29) is 30.2 Å². The number of likely N-dealkylation sites (N-methyl/N-ethyl adjacent to an activating group) is 1. The number of carbonyl (C=O) groups is 2. The molecule has 0 aromatic heterocycles. The second-order valence-electron chi connectivity index (χ2n) is 6.06. The van der Waals surface area contributed by atoms with E-state index in [1.807, 2.05) is 4.90 Å². The van der Waals surface area contributed by atoms with Crippen LogP contribution >= 0.6 is 0 Å². The smallest absolute Gasteiger partial charge is 0.237 e. The maximum absolute atomic E-state index is 12.4. The number of piperidine rings is 1. The molecule has 0 radical (unpaired) electrons. The van der Waals surface area contributed by atoms with Crippen LogP contribution in [0.2, 0.25) is 0 Å². The van der Waals surface area contributed by atoms with Crippen LogP contribution in [0.25, 0.3) is 0 Å². The first-order valence-corrected chi connectivity index (χ1v) is 9.68. The highest BCUT2D eigenvalue weighted by Crippen LogP contribution is 2.17. The van der Waals surface area contributed by atoms with Crippen molar-refractivity contribution in [2.75, 3.05) is 52.1 Å². The molecule has 2 fully saturated rings. The molecule has 2 amide bonds. The summed E-state index contributed by atoms with van der Waals surface area (Å²) in [4.78, 5) is 27.9. The lowest BCUT2D eigenvalue weighted by atomic mass is 10.0. The van der Waals surface area contributed by atoms with Crippen LogP contribution in [0.3, 0.4) is 0 Å². The Morgan fingerprint density at radius 3 is 2.78 bits per heavy atom. The van der Waals surface area contributed by atoms with Crippen LogP contribution in [0.1, 0.15) is 19.8 Å². The molecule has 8 nitrogen and oxygen atoms in total. The molecule has 0 aromatic rings. The topological polar surface area (TPSA) is 90.0 Å². The third kappa shape index (κ3) is 4.42. The van der Waals surface area contributed by atoms with Crippen molar-refractivity contribution < 1.29 is 18.0 Å². The van der Waals surface area contributed by atoms with E-state index in [1.165, 1.54) is 7.05 Å². The minimum absolute atomic E-state index is 0.0192. The Hall–Kier alpha value is -1.19. The highest BCUT2D eigenvalue weighted by molar-refractivity contribution is 7.89. The van der Waals surface area contributed by atoms with Crippen molar-refractivity contribution >= 4 is 21.8 Å². The van der Waals surface area contributed by atoms with E-state index in [9.17, 15) is 18.0 Å². The molecular formula is C14H26N4O4S. The molecule has 0 aromatic carbocycles. The van der Waals surface area contributed by atoms with Crippen molar-refractivity contribution in [2.45, 2.75) is 25.8 Å². The minimum Gasteiger partial charge on any atom is -0.339 e. The van der Waals surface area contributed by atoms with Gasteiger partial charge in [0.1, 0.15) is 0 Å². The Morgan fingerprint density at radius 2 is 2.13 bits per heavy atom. The number of hydrogen-bond acceptors (Lipinski definition) is 5. The summed E-state index contributed by atoms with van der Waals surface area (Å²) in [5.41, 5.74) is 0. The molecule has 23 heavy (non-hydrogen) atoms. The van der Waals surface area contributed by atoms with E-state index in [0.29, 0.717) is 26.2 Å². The predicted molar refractivity (Wildman–Crippen MR) is 86.3 cm³/mol. The van der Waals surface area contributed by atoms with Gasteiger partial charge >= 0.3 is 0 Å². The molecule has 2 rings (SSSR count). The first kappa shape index (κ1) is 18.2. The standard InChI is InChI=1S/C14H26N4O4S/c1-3-23(21,22)16(2)11-14(20)17-7-4-5-12(10-17)18-8-6-15-9-13(18)19/h12,15H,3-11H2,1-2H3. The molecule has 2 aliphatic rings. The molecule has 0 aliphatic carbocycles. The van der Waals surface area contributed by atoms with Gasteiger partial charge in [0.25, 0.3) is 0 Å². The number of sulfonamides is 1. The monoisotopic (exact) mass is 346 g/mol. The fraction of sp³-hybridized carbons (Fsp3) is 0.857. The van der Waals surface area contributed by atoms with Crippen molar-refractivity contribution in [1.29, 1.82) is 0 Å². The minimum atomic E-state index is -3.36. The molecule has 2 saturated heterocycles. The van der Waals surface area contributed by atoms with Crippen LogP contribution < -0.4 is 5.32 Å². The molecule has 132 valence electrons.